The second kappa shape index (κ2) is 6.81. The predicted molar refractivity (Wildman–Crippen MR) is 93.6 cm³/mol. The second-order valence-corrected chi connectivity index (χ2v) is 7.89. The van der Waals surface area contributed by atoms with Crippen molar-refractivity contribution in [3.63, 3.8) is 0 Å². The summed E-state index contributed by atoms with van der Waals surface area (Å²) < 4.78 is 26.9. The Kier molecular flexibility index (Phi) is 4.76. The molecule has 1 saturated heterocycles. The highest BCUT2D eigenvalue weighted by Crippen LogP contribution is 2.23. The lowest BCUT2D eigenvalue weighted by Gasteiger charge is -2.35. The summed E-state index contributed by atoms with van der Waals surface area (Å²) in [5.41, 5.74) is 1.33. The molecule has 0 aromatic heterocycles. The van der Waals surface area contributed by atoms with E-state index in [0.717, 1.165) is 5.69 Å². The van der Waals surface area contributed by atoms with Gasteiger partial charge in [0.15, 0.2) is 0 Å². The number of nitriles is 1. The van der Waals surface area contributed by atoms with E-state index in [4.69, 9.17) is 16.9 Å². The highest BCUT2D eigenvalue weighted by molar-refractivity contribution is 7.89. The van der Waals surface area contributed by atoms with Gasteiger partial charge in [-0.1, -0.05) is 23.7 Å². The number of rotatable bonds is 3. The number of nitrogens with zero attached hydrogens (tertiary/aromatic N) is 3. The minimum absolute atomic E-state index is 0.165. The van der Waals surface area contributed by atoms with Crippen LogP contribution in [0.4, 0.5) is 5.69 Å². The second-order valence-electron chi connectivity index (χ2n) is 5.51. The molecule has 0 saturated carbocycles. The van der Waals surface area contributed by atoms with E-state index in [0.29, 0.717) is 36.8 Å². The van der Waals surface area contributed by atoms with Crippen molar-refractivity contribution in [2.24, 2.45) is 0 Å². The first-order valence-electron chi connectivity index (χ1n) is 7.51. The lowest BCUT2D eigenvalue weighted by molar-refractivity contribution is 0.385. The summed E-state index contributed by atoms with van der Waals surface area (Å²) in [7, 11) is -3.58. The summed E-state index contributed by atoms with van der Waals surface area (Å²) in [6.07, 6.45) is 0. The molecule has 5 nitrogen and oxygen atoms in total. The van der Waals surface area contributed by atoms with Crippen molar-refractivity contribution in [2.45, 2.75) is 4.90 Å². The molecular weight excluding hydrogens is 346 g/mol. The van der Waals surface area contributed by atoms with Crippen LogP contribution < -0.4 is 4.90 Å². The van der Waals surface area contributed by atoms with Gasteiger partial charge in [-0.2, -0.15) is 9.57 Å². The zero-order valence-electron chi connectivity index (χ0n) is 12.9. The summed E-state index contributed by atoms with van der Waals surface area (Å²) in [5.74, 6) is 0. The smallest absolute Gasteiger partial charge is 0.243 e. The zero-order chi connectivity index (χ0) is 17.2. The van der Waals surface area contributed by atoms with Gasteiger partial charge in [-0.3, -0.25) is 0 Å². The molecule has 2 aromatic rings. The fraction of sp³-hybridized carbons (Fsp3) is 0.235. The molecule has 0 radical (unpaired) electrons. The van der Waals surface area contributed by atoms with Crippen LogP contribution in [0.2, 0.25) is 5.02 Å². The molecule has 24 heavy (non-hydrogen) atoms. The van der Waals surface area contributed by atoms with Gasteiger partial charge in [-0.05, 0) is 36.4 Å². The zero-order valence-corrected chi connectivity index (χ0v) is 14.5. The van der Waals surface area contributed by atoms with Gasteiger partial charge >= 0.3 is 0 Å². The average Bonchev–Trinajstić information content (AvgIpc) is 2.62. The van der Waals surface area contributed by atoms with Gasteiger partial charge in [0.2, 0.25) is 10.0 Å². The monoisotopic (exact) mass is 361 g/mol. The van der Waals surface area contributed by atoms with E-state index in [1.165, 1.54) is 16.4 Å². The van der Waals surface area contributed by atoms with Crippen LogP contribution in [0.25, 0.3) is 0 Å². The van der Waals surface area contributed by atoms with Gasteiger partial charge in [0.1, 0.15) is 0 Å². The Morgan fingerprint density at radius 2 is 1.71 bits per heavy atom. The Hall–Kier alpha value is -2.07. The molecule has 0 amide bonds. The molecule has 7 heteroatoms. The Morgan fingerprint density at radius 3 is 2.38 bits per heavy atom. The maximum atomic E-state index is 12.7. The van der Waals surface area contributed by atoms with Gasteiger partial charge in [0.05, 0.1) is 16.5 Å². The van der Waals surface area contributed by atoms with E-state index in [1.807, 2.05) is 30.3 Å². The first-order chi connectivity index (χ1) is 11.5. The maximum Gasteiger partial charge on any atom is 0.243 e. The van der Waals surface area contributed by atoms with Gasteiger partial charge in [0, 0.05) is 36.9 Å². The summed E-state index contributed by atoms with van der Waals surface area (Å²) in [5, 5.41) is 9.61. The third-order valence-electron chi connectivity index (χ3n) is 4.01. The van der Waals surface area contributed by atoms with Gasteiger partial charge < -0.3 is 4.90 Å². The topological polar surface area (TPSA) is 64.4 Å². The molecule has 0 N–H and O–H groups in total. The highest BCUT2D eigenvalue weighted by atomic mass is 35.5. The molecule has 0 spiro atoms. The van der Waals surface area contributed by atoms with Crippen molar-refractivity contribution in [3.05, 3.63) is 59.1 Å². The van der Waals surface area contributed by atoms with Crippen LogP contribution in [0.15, 0.2) is 53.4 Å². The predicted octanol–water partition coefficient (Wildman–Crippen LogP) is 2.72. The van der Waals surface area contributed by atoms with Gasteiger partial charge in [-0.25, -0.2) is 8.42 Å². The van der Waals surface area contributed by atoms with E-state index in [1.54, 1.807) is 12.1 Å². The quantitative estimate of drug-likeness (QED) is 0.843. The van der Waals surface area contributed by atoms with E-state index < -0.39 is 10.0 Å². The standard InChI is InChI=1S/C17H16ClN3O2S/c18-15-4-2-5-16(12-15)20-7-9-21(10-8-20)24(22,23)17-6-1-3-14(11-17)13-19/h1-6,11-12H,7-10H2. The number of benzene rings is 2. The number of hydrogen-bond donors (Lipinski definition) is 0. The minimum Gasteiger partial charge on any atom is -0.369 e. The van der Waals surface area contributed by atoms with Crippen molar-refractivity contribution in [1.82, 2.24) is 4.31 Å². The number of sulfonamides is 1. The Balaban J connectivity index is 1.75. The Morgan fingerprint density at radius 1 is 1.00 bits per heavy atom. The third kappa shape index (κ3) is 3.39. The molecular formula is C17H16ClN3O2S. The summed E-state index contributed by atoms with van der Waals surface area (Å²) in [6.45, 7) is 1.98. The fourth-order valence-electron chi connectivity index (χ4n) is 2.73. The Bertz CT molecular complexity index is 885. The summed E-state index contributed by atoms with van der Waals surface area (Å²) in [6, 6.07) is 15.6. The summed E-state index contributed by atoms with van der Waals surface area (Å²) >= 11 is 6.01. The van der Waals surface area contributed by atoms with E-state index in [-0.39, 0.29) is 4.90 Å². The minimum atomic E-state index is -3.58. The third-order valence-corrected chi connectivity index (χ3v) is 6.14. The van der Waals surface area contributed by atoms with Gasteiger partial charge in [-0.15, -0.1) is 0 Å². The fourth-order valence-corrected chi connectivity index (χ4v) is 4.39. The van der Waals surface area contributed by atoms with Crippen LogP contribution in [0.5, 0.6) is 0 Å². The lowest BCUT2D eigenvalue weighted by Crippen LogP contribution is -2.48. The molecule has 1 fully saturated rings. The average molecular weight is 362 g/mol. The molecule has 0 bridgehead atoms. The SMILES string of the molecule is N#Cc1cccc(S(=O)(=O)N2CCN(c3cccc(Cl)c3)CC2)c1. The molecule has 0 atom stereocenters. The molecule has 1 heterocycles. The van der Waals surface area contributed by atoms with Crippen LogP contribution in [-0.2, 0) is 10.0 Å². The van der Waals surface area contributed by atoms with Crippen molar-refractivity contribution < 1.29 is 8.42 Å². The first-order valence-corrected chi connectivity index (χ1v) is 9.33. The number of hydrogen-bond acceptors (Lipinski definition) is 4. The molecule has 2 aromatic carbocycles. The van der Waals surface area contributed by atoms with Crippen LogP contribution in [0.1, 0.15) is 5.56 Å². The van der Waals surface area contributed by atoms with E-state index in [9.17, 15) is 8.42 Å². The normalized spacial score (nSPS) is 15.9. The van der Waals surface area contributed by atoms with Crippen molar-refractivity contribution in [3.8, 4) is 6.07 Å². The van der Waals surface area contributed by atoms with E-state index >= 15 is 0 Å². The van der Waals surface area contributed by atoms with Gasteiger partial charge in [0.25, 0.3) is 0 Å². The summed E-state index contributed by atoms with van der Waals surface area (Å²) in [4.78, 5) is 2.28. The largest absolute Gasteiger partial charge is 0.369 e. The van der Waals surface area contributed by atoms with Crippen molar-refractivity contribution >= 4 is 27.3 Å². The van der Waals surface area contributed by atoms with Crippen molar-refractivity contribution in [2.75, 3.05) is 31.1 Å². The van der Waals surface area contributed by atoms with Crippen LogP contribution >= 0.6 is 11.6 Å². The highest BCUT2D eigenvalue weighted by Gasteiger charge is 2.28. The van der Waals surface area contributed by atoms with Crippen LogP contribution in [0.3, 0.4) is 0 Å². The van der Waals surface area contributed by atoms with E-state index in [2.05, 4.69) is 4.90 Å². The number of piperazine rings is 1. The molecule has 3 rings (SSSR count). The maximum absolute atomic E-state index is 12.7. The first kappa shape index (κ1) is 16.8. The van der Waals surface area contributed by atoms with Crippen LogP contribution in [0, 0.1) is 11.3 Å². The molecule has 1 aliphatic heterocycles. The molecule has 1 aliphatic rings. The number of halogens is 1. The number of anilines is 1. The van der Waals surface area contributed by atoms with Crippen molar-refractivity contribution in [1.29, 1.82) is 5.26 Å². The lowest BCUT2D eigenvalue weighted by atomic mass is 10.2. The molecule has 0 unspecified atom stereocenters. The van der Waals surface area contributed by atoms with Crippen LogP contribution in [-0.4, -0.2) is 38.9 Å². The Labute approximate surface area is 146 Å². The molecule has 124 valence electrons. The molecule has 0 aliphatic carbocycles.